The monoisotopic (exact) mass is 427 g/mol. The third-order valence-corrected chi connectivity index (χ3v) is 7.40. The summed E-state index contributed by atoms with van der Waals surface area (Å²) in [5, 5.41) is 3.89. The highest BCUT2D eigenvalue weighted by Gasteiger charge is 2.30. The van der Waals surface area contributed by atoms with Gasteiger partial charge in [-0.15, -0.1) is 0 Å². The number of benzene rings is 2. The summed E-state index contributed by atoms with van der Waals surface area (Å²) in [6.45, 7) is 1.05. The van der Waals surface area contributed by atoms with Crippen molar-refractivity contribution < 1.29 is 17.9 Å². The number of amides is 1. The summed E-state index contributed by atoms with van der Waals surface area (Å²) in [6, 6.07) is 12.6. The van der Waals surface area contributed by atoms with Crippen molar-refractivity contribution in [2.75, 3.05) is 25.5 Å². The molecular formula is C22H25N3O4S. The summed E-state index contributed by atoms with van der Waals surface area (Å²) in [5.74, 6) is 0.0495. The molecule has 0 saturated carbocycles. The van der Waals surface area contributed by atoms with Crippen LogP contribution in [0.1, 0.15) is 18.4 Å². The predicted octanol–water partition coefficient (Wildman–Crippen LogP) is 3.15. The number of anilines is 1. The lowest BCUT2D eigenvalue weighted by atomic mass is 10.1. The number of carbonyl (C=O) groups is 1. The summed E-state index contributed by atoms with van der Waals surface area (Å²) >= 11 is 0. The molecule has 1 aliphatic heterocycles. The maximum absolute atomic E-state index is 12.9. The minimum Gasteiger partial charge on any atom is -0.495 e. The van der Waals surface area contributed by atoms with Crippen LogP contribution in [-0.4, -0.2) is 43.4 Å². The number of ether oxygens (including phenoxy) is 1. The number of sulfonamides is 1. The van der Waals surface area contributed by atoms with Gasteiger partial charge in [-0.25, -0.2) is 8.42 Å². The number of aromatic nitrogens is 1. The van der Waals surface area contributed by atoms with Crippen LogP contribution < -0.4 is 10.1 Å². The SMILES string of the molecule is COc1cc(NC(=O)Cc2cn(C)c3ccccc23)ccc1S(=O)(=O)N1CCCC1. The Morgan fingerprint density at radius 1 is 1.13 bits per heavy atom. The van der Waals surface area contributed by atoms with Gasteiger partial charge in [-0.05, 0) is 36.6 Å². The van der Waals surface area contributed by atoms with E-state index in [9.17, 15) is 13.2 Å². The van der Waals surface area contributed by atoms with Crippen LogP contribution in [0.3, 0.4) is 0 Å². The van der Waals surface area contributed by atoms with Gasteiger partial charge < -0.3 is 14.6 Å². The van der Waals surface area contributed by atoms with Crippen molar-refractivity contribution in [2.45, 2.75) is 24.2 Å². The Morgan fingerprint density at radius 2 is 1.87 bits per heavy atom. The number of aryl methyl sites for hydroxylation is 1. The molecule has 2 aromatic carbocycles. The molecular weight excluding hydrogens is 402 g/mol. The molecule has 158 valence electrons. The molecule has 0 spiro atoms. The van der Waals surface area contributed by atoms with Crippen molar-refractivity contribution >= 4 is 32.5 Å². The highest BCUT2D eigenvalue weighted by molar-refractivity contribution is 7.89. The van der Waals surface area contributed by atoms with Gasteiger partial charge in [0.15, 0.2) is 0 Å². The molecule has 7 nitrogen and oxygen atoms in total. The molecule has 8 heteroatoms. The van der Waals surface area contributed by atoms with E-state index in [0.717, 1.165) is 29.3 Å². The van der Waals surface area contributed by atoms with Gasteiger partial charge in [0.05, 0.1) is 13.5 Å². The summed E-state index contributed by atoms with van der Waals surface area (Å²) in [7, 11) is -0.221. The van der Waals surface area contributed by atoms with Crippen molar-refractivity contribution in [3.63, 3.8) is 0 Å². The molecule has 1 saturated heterocycles. The average Bonchev–Trinajstić information content (AvgIpc) is 3.38. The number of fused-ring (bicyclic) bond motifs is 1. The predicted molar refractivity (Wildman–Crippen MR) is 116 cm³/mol. The van der Waals surface area contributed by atoms with Crippen LogP contribution >= 0.6 is 0 Å². The zero-order valence-electron chi connectivity index (χ0n) is 17.1. The summed E-state index contributed by atoms with van der Waals surface area (Å²) in [6.07, 6.45) is 3.90. The van der Waals surface area contributed by atoms with E-state index in [0.29, 0.717) is 18.8 Å². The van der Waals surface area contributed by atoms with Crippen LogP contribution in [0.2, 0.25) is 0 Å². The molecule has 1 fully saturated rings. The molecule has 1 amide bonds. The number of para-hydroxylation sites is 1. The van der Waals surface area contributed by atoms with Gasteiger partial charge in [0.25, 0.3) is 0 Å². The normalized spacial score (nSPS) is 14.9. The molecule has 0 aliphatic carbocycles. The molecule has 30 heavy (non-hydrogen) atoms. The van der Waals surface area contributed by atoms with Gasteiger partial charge in [-0.1, -0.05) is 18.2 Å². The maximum atomic E-state index is 12.9. The van der Waals surface area contributed by atoms with E-state index in [1.807, 2.05) is 42.1 Å². The smallest absolute Gasteiger partial charge is 0.246 e. The van der Waals surface area contributed by atoms with E-state index in [1.54, 1.807) is 12.1 Å². The Kier molecular flexibility index (Phi) is 5.53. The fraction of sp³-hybridized carbons (Fsp3) is 0.318. The van der Waals surface area contributed by atoms with E-state index in [4.69, 9.17) is 4.74 Å². The van der Waals surface area contributed by atoms with Crippen molar-refractivity contribution in [1.82, 2.24) is 8.87 Å². The van der Waals surface area contributed by atoms with Crippen LogP contribution in [0.4, 0.5) is 5.69 Å². The molecule has 0 bridgehead atoms. The fourth-order valence-corrected chi connectivity index (χ4v) is 5.62. The fourth-order valence-electron chi connectivity index (χ4n) is 3.97. The van der Waals surface area contributed by atoms with E-state index >= 15 is 0 Å². The second kappa shape index (κ2) is 8.12. The minimum atomic E-state index is -3.60. The Hall–Kier alpha value is -2.84. The Balaban J connectivity index is 1.54. The Labute approximate surface area is 176 Å². The lowest BCUT2D eigenvalue weighted by Crippen LogP contribution is -2.28. The van der Waals surface area contributed by atoms with Crippen LogP contribution in [0.25, 0.3) is 10.9 Å². The van der Waals surface area contributed by atoms with Gasteiger partial charge >= 0.3 is 0 Å². The first-order valence-electron chi connectivity index (χ1n) is 9.91. The van der Waals surface area contributed by atoms with Gasteiger partial charge in [0.1, 0.15) is 10.6 Å². The summed E-state index contributed by atoms with van der Waals surface area (Å²) < 4.78 is 34.6. The van der Waals surface area contributed by atoms with Gasteiger partial charge in [-0.3, -0.25) is 4.79 Å². The molecule has 0 unspecified atom stereocenters. The van der Waals surface area contributed by atoms with Crippen LogP contribution in [-0.2, 0) is 28.3 Å². The zero-order valence-corrected chi connectivity index (χ0v) is 17.9. The molecule has 3 aromatic rings. The van der Waals surface area contributed by atoms with Crippen LogP contribution in [0.5, 0.6) is 5.75 Å². The third kappa shape index (κ3) is 3.80. The topological polar surface area (TPSA) is 80.6 Å². The number of carbonyl (C=O) groups excluding carboxylic acids is 1. The number of nitrogens with one attached hydrogen (secondary N) is 1. The van der Waals surface area contributed by atoms with Gasteiger partial charge in [-0.2, -0.15) is 4.31 Å². The van der Waals surface area contributed by atoms with Crippen molar-refractivity contribution in [3.8, 4) is 5.75 Å². The summed E-state index contributed by atoms with van der Waals surface area (Å²) in [5.41, 5.74) is 2.50. The summed E-state index contributed by atoms with van der Waals surface area (Å²) in [4.78, 5) is 12.8. The first-order valence-corrected chi connectivity index (χ1v) is 11.3. The first kappa shape index (κ1) is 20.4. The average molecular weight is 428 g/mol. The minimum absolute atomic E-state index is 0.124. The van der Waals surface area contributed by atoms with E-state index < -0.39 is 10.0 Å². The van der Waals surface area contributed by atoms with E-state index in [2.05, 4.69) is 5.32 Å². The highest BCUT2D eigenvalue weighted by Crippen LogP contribution is 2.31. The molecule has 1 aromatic heterocycles. The van der Waals surface area contributed by atoms with Crippen LogP contribution in [0.15, 0.2) is 53.6 Å². The van der Waals surface area contributed by atoms with Gasteiger partial charge in [0, 0.05) is 49.0 Å². The molecule has 0 atom stereocenters. The quantitative estimate of drug-likeness (QED) is 0.655. The highest BCUT2D eigenvalue weighted by atomic mass is 32.2. The molecule has 2 heterocycles. The lowest BCUT2D eigenvalue weighted by Gasteiger charge is -2.18. The second-order valence-electron chi connectivity index (χ2n) is 7.48. The maximum Gasteiger partial charge on any atom is 0.246 e. The standard InChI is InChI=1S/C22H25N3O4S/c1-24-15-16(18-7-3-4-8-19(18)24)13-22(26)23-17-9-10-21(20(14-17)29-2)30(27,28)25-11-5-6-12-25/h3-4,7-10,14-15H,5-6,11-13H2,1-2H3,(H,23,26). The number of nitrogens with zero attached hydrogens (tertiary/aromatic N) is 2. The number of hydrogen-bond donors (Lipinski definition) is 1. The van der Waals surface area contributed by atoms with Crippen molar-refractivity contribution in [3.05, 3.63) is 54.2 Å². The van der Waals surface area contributed by atoms with E-state index in [-0.39, 0.29) is 23.0 Å². The van der Waals surface area contributed by atoms with Crippen molar-refractivity contribution in [2.24, 2.45) is 7.05 Å². The van der Waals surface area contributed by atoms with Crippen LogP contribution in [0, 0.1) is 0 Å². The molecule has 4 rings (SSSR count). The number of methoxy groups -OCH3 is 1. The zero-order chi connectivity index (χ0) is 21.3. The lowest BCUT2D eigenvalue weighted by molar-refractivity contribution is -0.115. The second-order valence-corrected chi connectivity index (χ2v) is 9.39. The van der Waals surface area contributed by atoms with Gasteiger partial charge in [0.2, 0.25) is 15.9 Å². The van der Waals surface area contributed by atoms with Crippen molar-refractivity contribution in [1.29, 1.82) is 0 Å². The first-order chi connectivity index (χ1) is 14.4. The Bertz CT molecular complexity index is 1190. The largest absolute Gasteiger partial charge is 0.495 e. The molecule has 1 aliphatic rings. The van der Waals surface area contributed by atoms with E-state index in [1.165, 1.54) is 17.5 Å². The number of rotatable bonds is 6. The molecule has 0 radical (unpaired) electrons. The number of hydrogen-bond acceptors (Lipinski definition) is 4. The molecule has 1 N–H and O–H groups in total. The Morgan fingerprint density at radius 3 is 2.60 bits per heavy atom. The third-order valence-electron chi connectivity index (χ3n) is 5.46.